The lowest BCUT2D eigenvalue weighted by Gasteiger charge is -2.13. The number of rotatable bonds is 9. The third-order valence-corrected chi connectivity index (χ3v) is 3.09. The first-order valence-electron chi connectivity index (χ1n) is 7.50. The van der Waals surface area contributed by atoms with E-state index in [0.29, 0.717) is 12.3 Å². The van der Waals surface area contributed by atoms with Crippen molar-refractivity contribution in [3.05, 3.63) is 17.9 Å². The topological polar surface area (TPSA) is 47.3 Å². The van der Waals surface area contributed by atoms with Crippen LogP contribution in [0.3, 0.4) is 0 Å². The van der Waals surface area contributed by atoms with Crippen LogP contribution in [0.15, 0.2) is 12.1 Å². The highest BCUT2D eigenvalue weighted by atomic mass is 19.1. The van der Waals surface area contributed by atoms with Gasteiger partial charge in [-0.15, -0.1) is 0 Å². The quantitative estimate of drug-likeness (QED) is 0.520. The molecule has 0 bridgehead atoms. The van der Waals surface area contributed by atoms with E-state index in [0.717, 1.165) is 31.0 Å². The molecule has 1 aromatic carbocycles. The fourth-order valence-corrected chi connectivity index (χ4v) is 1.95. The summed E-state index contributed by atoms with van der Waals surface area (Å²) in [4.78, 5) is 0. The number of nitrogens with two attached hydrogens (primary N) is 1. The maximum atomic E-state index is 13.7. The summed E-state index contributed by atoms with van der Waals surface area (Å²) in [6.45, 7) is 7.79. The van der Waals surface area contributed by atoms with E-state index < -0.39 is 5.82 Å². The molecule has 0 aliphatic carbocycles. The summed E-state index contributed by atoms with van der Waals surface area (Å²) in [7, 11) is 0. The predicted octanol–water partition coefficient (Wildman–Crippen LogP) is 4.43. The van der Waals surface area contributed by atoms with Gasteiger partial charge in [0.1, 0.15) is 0 Å². The molecule has 0 aliphatic heterocycles. The van der Waals surface area contributed by atoms with Crippen LogP contribution in [-0.2, 0) is 0 Å². The minimum Gasteiger partial charge on any atom is -0.490 e. The van der Waals surface area contributed by atoms with Crippen molar-refractivity contribution in [2.24, 2.45) is 5.92 Å². The smallest absolute Gasteiger partial charge is 0.167 e. The molecule has 0 saturated heterocycles. The molecule has 114 valence electrons. The Morgan fingerprint density at radius 2 is 2.05 bits per heavy atom. The van der Waals surface area contributed by atoms with Crippen LogP contribution in [0.1, 0.15) is 46.5 Å². The van der Waals surface area contributed by atoms with Crippen LogP contribution >= 0.6 is 0 Å². The monoisotopic (exact) mass is 282 g/mol. The molecule has 0 radical (unpaired) electrons. The number of anilines is 2. The zero-order chi connectivity index (χ0) is 15.0. The lowest BCUT2D eigenvalue weighted by atomic mass is 10.1. The summed E-state index contributed by atoms with van der Waals surface area (Å²) in [6.07, 6.45) is 4.35. The lowest BCUT2D eigenvalue weighted by Crippen LogP contribution is -2.06. The molecule has 0 aliphatic rings. The van der Waals surface area contributed by atoms with Crippen LogP contribution in [0, 0.1) is 11.7 Å². The number of unbranched alkanes of at least 4 members (excludes halogenated alkanes) is 1. The Balaban J connectivity index is 2.51. The highest BCUT2D eigenvalue weighted by Gasteiger charge is 2.08. The van der Waals surface area contributed by atoms with Crippen molar-refractivity contribution in [2.75, 3.05) is 24.2 Å². The third-order valence-electron chi connectivity index (χ3n) is 3.09. The molecule has 0 heterocycles. The Morgan fingerprint density at radius 1 is 1.30 bits per heavy atom. The van der Waals surface area contributed by atoms with Gasteiger partial charge in [-0.3, -0.25) is 0 Å². The second-order valence-electron chi connectivity index (χ2n) is 5.53. The van der Waals surface area contributed by atoms with Gasteiger partial charge in [-0.1, -0.05) is 33.6 Å². The molecule has 0 unspecified atom stereocenters. The molecular weight excluding hydrogens is 255 g/mol. The van der Waals surface area contributed by atoms with Gasteiger partial charge in [-0.2, -0.15) is 0 Å². The van der Waals surface area contributed by atoms with Crippen LogP contribution in [0.25, 0.3) is 0 Å². The van der Waals surface area contributed by atoms with Gasteiger partial charge in [0.25, 0.3) is 0 Å². The molecule has 0 saturated carbocycles. The van der Waals surface area contributed by atoms with E-state index in [9.17, 15) is 4.39 Å². The van der Waals surface area contributed by atoms with Gasteiger partial charge in [-0.25, -0.2) is 4.39 Å². The first kappa shape index (κ1) is 16.6. The highest BCUT2D eigenvalue weighted by molar-refractivity contribution is 5.68. The largest absolute Gasteiger partial charge is 0.490 e. The summed E-state index contributed by atoms with van der Waals surface area (Å²) in [6, 6.07) is 2.98. The Morgan fingerprint density at radius 3 is 2.70 bits per heavy atom. The third kappa shape index (κ3) is 5.68. The van der Waals surface area contributed by atoms with Crippen molar-refractivity contribution in [1.82, 2.24) is 0 Å². The standard InChI is InChI=1S/C16H27FN2O/c1-4-9-20-16-11-15(14(18)10-13(16)17)19-8-6-5-7-12(2)3/h10-12,19H,4-9,18H2,1-3H3. The van der Waals surface area contributed by atoms with Gasteiger partial charge in [0, 0.05) is 18.7 Å². The van der Waals surface area contributed by atoms with Crippen LogP contribution in [0.2, 0.25) is 0 Å². The average Bonchev–Trinajstić information content (AvgIpc) is 2.39. The summed E-state index contributed by atoms with van der Waals surface area (Å²) < 4.78 is 19.0. The molecule has 1 rings (SSSR count). The van der Waals surface area contributed by atoms with E-state index >= 15 is 0 Å². The van der Waals surface area contributed by atoms with E-state index in [1.807, 2.05) is 6.92 Å². The number of ether oxygens (including phenoxy) is 1. The first-order chi connectivity index (χ1) is 9.54. The van der Waals surface area contributed by atoms with E-state index in [1.165, 1.54) is 18.9 Å². The zero-order valence-corrected chi connectivity index (χ0v) is 12.8. The highest BCUT2D eigenvalue weighted by Crippen LogP contribution is 2.28. The Labute approximate surface area is 121 Å². The fourth-order valence-electron chi connectivity index (χ4n) is 1.95. The maximum absolute atomic E-state index is 13.7. The molecular formula is C16H27FN2O. The molecule has 0 atom stereocenters. The lowest BCUT2D eigenvalue weighted by molar-refractivity contribution is 0.301. The molecule has 3 nitrogen and oxygen atoms in total. The summed E-state index contributed by atoms with van der Waals surface area (Å²) in [5.74, 6) is 0.604. The minimum absolute atomic E-state index is 0.269. The van der Waals surface area contributed by atoms with Crippen LogP contribution in [0.5, 0.6) is 5.75 Å². The van der Waals surface area contributed by atoms with E-state index in [-0.39, 0.29) is 5.75 Å². The number of benzene rings is 1. The number of nitrogens with one attached hydrogen (secondary N) is 1. The van der Waals surface area contributed by atoms with Crippen LogP contribution < -0.4 is 15.8 Å². The van der Waals surface area contributed by atoms with Crippen LogP contribution in [-0.4, -0.2) is 13.2 Å². The zero-order valence-electron chi connectivity index (χ0n) is 12.8. The molecule has 1 aromatic rings. The Hall–Kier alpha value is -1.45. The molecule has 4 heteroatoms. The maximum Gasteiger partial charge on any atom is 0.167 e. The van der Waals surface area contributed by atoms with Gasteiger partial charge in [-0.05, 0) is 18.8 Å². The molecule has 20 heavy (non-hydrogen) atoms. The second-order valence-corrected chi connectivity index (χ2v) is 5.53. The normalized spacial score (nSPS) is 10.8. The van der Waals surface area contributed by atoms with Crippen LogP contribution in [0.4, 0.5) is 15.8 Å². The summed E-state index contributed by atoms with van der Waals surface area (Å²) in [5.41, 5.74) is 7.00. The van der Waals surface area contributed by atoms with E-state index in [2.05, 4.69) is 19.2 Å². The number of hydrogen-bond acceptors (Lipinski definition) is 3. The fraction of sp³-hybridized carbons (Fsp3) is 0.625. The molecule has 0 spiro atoms. The van der Waals surface area contributed by atoms with Crippen molar-refractivity contribution in [2.45, 2.75) is 46.5 Å². The molecule has 0 aromatic heterocycles. The average molecular weight is 282 g/mol. The van der Waals surface area contributed by atoms with Gasteiger partial charge >= 0.3 is 0 Å². The van der Waals surface area contributed by atoms with Gasteiger partial charge in [0.15, 0.2) is 11.6 Å². The number of halogens is 1. The number of hydrogen-bond donors (Lipinski definition) is 2. The SMILES string of the molecule is CCCOc1cc(NCCCCC(C)C)c(N)cc1F. The van der Waals surface area contributed by atoms with Crippen molar-refractivity contribution >= 4 is 11.4 Å². The minimum atomic E-state index is -0.402. The van der Waals surface area contributed by atoms with E-state index in [1.54, 1.807) is 6.07 Å². The van der Waals surface area contributed by atoms with Gasteiger partial charge in [0.2, 0.25) is 0 Å². The molecule has 0 amide bonds. The first-order valence-corrected chi connectivity index (χ1v) is 7.50. The molecule has 0 fully saturated rings. The summed E-state index contributed by atoms with van der Waals surface area (Å²) >= 11 is 0. The molecule has 3 N–H and O–H groups in total. The van der Waals surface area contributed by atoms with Gasteiger partial charge < -0.3 is 15.8 Å². The van der Waals surface area contributed by atoms with Crippen molar-refractivity contribution in [1.29, 1.82) is 0 Å². The summed E-state index contributed by atoms with van der Waals surface area (Å²) in [5, 5.41) is 3.26. The Bertz CT molecular complexity index is 408. The van der Waals surface area contributed by atoms with Crippen molar-refractivity contribution in [3.8, 4) is 5.75 Å². The van der Waals surface area contributed by atoms with E-state index in [4.69, 9.17) is 10.5 Å². The van der Waals surface area contributed by atoms with Crippen molar-refractivity contribution < 1.29 is 9.13 Å². The second kappa shape index (κ2) is 8.67. The Kier molecular flexibility index (Phi) is 7.20. The van der Waals surface area contributed by atoms with Crippen molar-refractivity contribution in [3.63, 3.8) is 0 Å². The predicted molar refractivity (Wildman–Crippen MR) is 83.8 cm³/mol. The van der Waals surface area contributed by atoms with Gasteiger partial charge in [0.05, 0.1) is 18.0 Å². The number of nitrogen functional groups attached to an aromatic ring is 1.